The maximum Gasteiger partial charge on any atom is 0.337 e. The van der Waals surface area contributed by atoms with Gasteiger partial charge in [0.15, 0.2) is 5.82 Å². The SMILES string of the molecule is Cc1[nH]n(-c2ccc(C(=O)O)cn2)c(=O)c1Cc1ccccc1Cl. The van der Waals surface area contributed by atoms with E-state index in [2.05, 4.69) is 10.1 Å². The molecule has 0 radical (unpaired) electrons. The number of rotatable bonds is 4. The van der Waals surface area contributed by atoms with Gasteiger partial charge in [-0.3, -0.25) is 9.89 Å². The van der Waals surface area contributed by atoms with E-state index in [-0.39, 0.29) is 11.1 Å². The quantitative estimate of drug-likeness (QED) is 0.762. The van der Waals surface area contributed by atoms with Gasteiger partial charge >= 0.3 is 5.97 Å². The van der Waals surface area contributed by atoms with Crippen LogP contribution < -0.4 is 5.56 Å². The highest BCUT2D eigenvalue weighted by Crippen LogP contribution is 2.19. The number of aromatic amines is 1. The van der Waals surface area contributed by atoms with Gasteiger partial charge in [0.2, 0.25) is 0 Å². The third kappa shape index (κ3) is 2.96. The first-order chi connectivity index (χ1) is 11.5. The summed E-state index contributed by atoms with van der Waals surface area (Å²) < 4.78 is 1.30. The van der Waals surface area contributed by atoms with Crippen molar-refractivity contribution in [1.29, 1.82) is 0 Å². The monoisotopic (exact) mass is 343 g/mol. The molecule has 7 heteroatoms. The van der Waals surface area contributed by atoms with Crippen LogP contribution in [0.2, 0.25) is 5.02 Å². The van der Waals surface area contributed by atoms with Gasteiger partial charge in [0, 0.05) is 28.9 Å². The number of aromatic nitrogens is 3. The minimum atomic E-state index is -1.07. The van der Waals surface area contributed by atoms with Crippen LogP contribution in [-0.4, -0.2) is 25.8 Å². The Hall–Kier alpha value is -2.86. The first-order valence-electron chi connectivity index (χ1n) is 7.21. The lowest BCUT2D eigenvalue weighted by atomic mass is 10.1. The predicted octanol–water partition coefficient (Wildman–Crippen LogP) is 2.81. The van der Waals surface area contributed by atoms with Crippen LogP contribution in [0.25, 0.3) is 5.82 Å². The third-order valence-corrected chi connectivity index (χ3v) is 4.11. The van der Waals surface area contributed by atoms with Gasteiger partial charge in [-0.1, -0.05) is 29.8 Å². The van der Waals surface area contributed by atoms with Crippen LogP contribution >= 0.6 is 11.6 Å². The van der Waals surface area contributed by atoms with Gasteiger partial charge in [-0.15, -0.1) is 0 Å². The van der Waals surface area contributed by atoms with Gasteiger partial charge in [0.05, 0.1) is 5.56 Å². The number of pyridine rings is 1. The summed E-state index contributed by atoms with van der Waals surface area (Å²) in [6.07, 6.45) is 1.62. The maximum absolute atomic E-state index is 12.7. The molecule has 0 aliphatic rings. The minimum Gasteiger partial charge on any atom is -0.478 e. The van der Waals surface area contributed by atoms with Gasteiger partial charge in [0.1, 0.15) is 0 Å². The fraction of sp³-hybridized carbons (Fsp3) is 0.118. The molecular weight excluding hydrogens is 330 g/mol. The van der Waals surface area contributed by atoms with Crippen LogP contribution in [-0.2, 0) is 6.42 Å². The fourth-order valence-corrected chi connectivity index (χ4v) is 2.63. The van der Waals surface area contributed by atoms with Crippen molar-refractivity contribution in [1.82, 2.24) is 14.8 Å². The number of aromatic carboxylic acids is 1. The molecule has 2 heterocycles. The normalized spacial score (nSPS) is 10.8. The average molecular weight is 344 g/mol. The summed E-state index contributed by atoms with van der Waals surface area (Å²) in [6.45, 7) is 1.80. The van der Waals surface area contributed by atoms with E-state index in [9.17, 15) is 9.59 Å². The van der Waals surface area contributed by atoms with Crippen LogP contribution in [0, 0.1) is 6.92 Å². The van der Waals surface area contributed by atoms with Crippen molar-refractivity contribution < 1.29 is 9.90 Å². The van der Waals surface area contributed by atoms with Gasteiger partial charge < -0.3 is 5.11 Å². The Morgan fingerprint density at radius 2 is 2.04 bits per heavy atom. The summed E-state index contributed by atoms with van der Waals surface area (Å²) in [4.78, 5) is 27.6. The van der Waals surface area contributed by atoms with Crippen molar-refractivity contribution >= 4 is 17.6 Å². The molecule has 0 spiro atoms. The minimum absolute atomic E-state index is 0.0615. The Kier molecular flexibility index (Phi) is 4.22. The molecule has 2 N–H and O–H groups in total. The number of nitrogens with one attached hydrogen (secondary N) is 1. The van der Waals surface area contributed by atoms with Crippen molar-refractivity contribution in [2.24, 2.45) is 0 Å². The second kappa shape index (κ2) is 6.33. The summed E-state index contributed by atoms with van der Waals surface area (Å²) in [5, 5.41) is 12.5. The van der Waals surface area contributed by atoms with Crippen molar-refractivity contribution in [3.05, 3.63) is 80.4 Å². The summed E-state index contributed by atoms with van der Waals surface area (Å²) in [6, 6.07) is 10.2. The molecule has 0 bridgehead atoms. The predicted molar refractivity (Wildman–Crippen MR) is 90.1 cm³/mol. The lowest BCUT2D eigenvalue weighted by Crippen LogP contribution is -2.19. The van der Waals surface area contributed by atoms with Crippen LogP contribution in [0.3, 0.4) is 0 Å². The first kappa shape index (κ1) is 16.0. The number of carboxylic acid groups (broad SMARTS) is 1. The zero-order chi connectivity index (χ0) is 17.3. The Morgan fingerprint density at radius 1 is 1.29 bits per heavy atom. The fourth-order valence-electron chi connectivity index (χ4n) is 2.43. The number of hydrogen-bond donors (Lipinski definition) is 2. The third-order valence-electron chi connectivity index (χ3n) is 3.74. The lowest BCUT2D eigenvalue weighted by Gasteiger charge is -2.02. The number of halogens is 1. The van der Waals surface area contributed by atoms with E-state index in [0.29, 0.717) is 28.5 Å². The average Bonchev–Trinajstić information content (AvgIpc) is 2.85. The molecule has 0 aliphatic heterocycles. The zero-order valence-electron chi connectivity index (χ0n) is 12.8. The molecular formula is C17H14ClN3O3. The summed E-state index contributed by atoms with van der Waals surface area (Å²) >= 11 is 6.16. The highest BCUT2D eigenvalue weighted by Gasteiger charge is 2.15. The number of nitrogens with zero attached hydrogens (tertiary/aromatic N) is 2. The van der Waals surface area contributed by atoms with E-state index < -0.39 is 5.97 Å². The van der Waals surface area contributed by atoms with Gasteiger partial charge in [-0.25, -0.2) is 14.5 Å². The van der Waals surface area contributed by atoms with Gasteiger partial charge in [-0.05, 0) is 30.7 Å². The van der Waals surface area contributed by atoms with E-state index in [1.54, 1.807) is 13.0 Å². The van der Waals surface area contributed by atoms with Crippen LogP contribution in [0.1, 0.15) is 27.2 Å². The molecule has 0 fully saturated rings. The smallest absolute Gasteiger partial charge is 0.337 e. The molecule has 3 rings (SSSR count). The van der Waals surface area contributed by atoms with E-state index in [0.717, 1.165) is 5.56 Å². The number of H-pyrrole nitrogens is 1. The van der Waals surface area contributed by atoms with Crippen LogP contribution in [0.4, 0.5) is 0 Å². The van der Waals surface area contributed by atoms with E-state index >= 15 is 0 Å². The maximum atomic E-state index is 12.7. The van der Waals surface area contributed by atoms with Crippen LogP contribution in [0.15, 0.2) is 47.4 Å². The van der Waals surface area contributed by atoms with Crippen molar-refractivity contribution in [2.45, 2.75) is 13.3 Å². The topological polar surface area (TPSA) is 88.0 Å². The van der Waals surface area contributed by atoms with E-state index in [1.807, 2.05) is 18.2 Å². The van der Waals surface area contributed by atoms with Gasteiger partial charge in [0.25, 0.3) is 5.56 Å². The Bertz CT molecular complexity index is 958. The number of hydrogen-bond acceptors (Lipinski definition) is 3. The first-order valence-corrected chi connectivity index (χ1v) is 7.59. The molecule has 2 aromatic heterocycles. The Balaban J connectivity index is 1.99. The van der Waals surface area contributed by atoms with Crippen LogP contribution in [0.5, 0.6) is 0 Å². The standard InChI is InChI=1S/C17H14ClN3O3/c1-10-13(8-11-4-2-3-5-14(11)18)16(22)21(20-10)15-7-6-12(9-19-15)17(23)24/h2-7,9,20H,8H2,1H3,(H,23,24). The molecule has 24 heavy (non-hydrogen) atoms. The highest BCUT2D eigenvalue weighted by atomic mass is 35.5. The number of aryl methyl sites for hydroxylation is 1. The van der Waals surface area contributed by atoms with E-state index in [1.165, 1.54) is 23.0 Å². The molecule has 1 aromatic carbocycles. The summed E-state index contributed by atoms with van der Waals surface area (Å²) in [5.74, 6) is -0.734. The molecule has 0 saturated carbocycles. The molecule has 0 unspecified atom stereocenters. The summed E-state index contributed by atoms with van der Waals surface area (Å²) in [5.41, 5.74) is 1.99. The molecule has 3 aromatic rings. The van der Waals surface area contributed by atoms with Gasteiger partial charge in [-0.2, -0.15) is 0 Å². The molecule has 0 atom stereocenters. The Labute approximate surface area is 142 Å². The van der Waals surface area contributed by atoms with E-state index in [4.69, 9.17) is 16.7 Å². The second-order valence-electron chi connectivity index (χ2n) is 5.33. The molecule has 0 aliphatic carbocycles. The Morgan fingerprint density at radius 3 is 2.67 bits per heavy atom. The van der Waals surface area contributed by atoms with Crippen molar-refractivity contribution in [2.75, 3.05) is 0 Å². The second-order valence-corrected chi connectivity index (χ2v) is 5.74. The number of carboxylic acids is 1. The summed E-state index contributed by atoms with van der Waals surface area (Å²) in [7, 11) is 0. The molecule has 6 nitrogen and oxygen atoms in total. The number of benzene rings is 1. The van der Waals surface area contributed by atoms with Crippen molar-refractivity contribution in [3.8, 4) is 5.82 Å². The zero-order valence-corrected chi connectivity index (χ0v) is 13.5. The molecule has 0 saturated heterocycles. The highest BCUT2D eigenvalue weighted by molar-refractivity contribution is 6.31. The lowest BCUT2D eigenvalue weighted by molar-refractivity contribution is 0.0696. The number of carbonyl (C=O) groups is 1. The largest absolute Gasteiger partial charge is 0.478 e. The molecule has 0 amide bonds. The molecule has 122 valence electrons. The van der Waals surface area contributed by atoms with Crippen molar-refractivity contribution in [3.63, 3.8) is 0 Å².